The molecule has 0 saturated heterocycles. The third-order valence-electron chi connectivity index (χ3n) is 5.08. The summed E-state index contributed by atoms with van der Waals surface area (Å²) >= 11 is 5.26. The van der Waals surface area contributed by atoms with E-state index in [4.69, 9.17) is 15.5 Å². The SMILES string of the molecule is [Ni][CH2]CC(P(c1ccccc1)c1ccccc1)P(c1ccccc1)c1ccccc1. The zero-order valence-corrected chi connectivity index (χ0v) is 19.5. The molecule has 0 amide bonds. The predicted octanol–water partition coefficient (Wildman–Crippen LogP) is 5.93. The van der Waals surface area contributed by atoms with E-state index in [1.807, 2.05) is 0 Å². The van der Waals surface area contributed by atoms with Crippen LogP contribution < -0.4 is 21.2 Å². The van der Waals surface area contributed by atoms with Crippen LogP contribution in [-0.2, 0) is 15.5 Å². The predicted molar refractivity (Wildman–Crippen MR) is 131 cm³/mol. The van der Waals surface area contributed by atoms with Crippen LogP contribution in [0.5, 0.6) is 0 Å². The summed E-state index contributed by atoms with van der Waals surface area (Å²) in [5.74, 6) is 0. The van der Waals surface area contributed by atoms with Gasteiger partial charge in [-0.05, 0) is 0 Å². The zero-order chi connectivity index (χ0) is 20.6. The average molecular weight is 470 g/mol. The van der Waals surface area contributed by atoms with Crippen molar-refractivity contribution in [2.75, 3.05) is 0 Å². The Labute approximate surface area is 190 Å². The summed E-state index contributed by atoms with van der Waals surface area (Å²) in [4.78, 5) is 0. The van der Waals surface area contributed by atoms with Crippen LogP contribution in [0.15, 0.2) is 121 Å². The van der Waals surface area contributed by atoms with E-state index >= 15 is 0 Å². The van der Waals surface area contributed by atoms with Gasteiger partial charge in [-0.15, -0.1) is 0 Å². The quantitative estimate of drug-likeness (QED) is 0.221. The van der Waals surface area contributed by atoms with E-state index in [0.29, 0.717) is 5.40 Å². The molecular formula is C27H25NiP2. The Balaban J connectivity index is 1.89. The Morgan fingerprint density at radius 3 is 0.967 bits per heavy atom. The third kappa shape index (κ3) is 5.10. The van der Waals surface area contributed by atoms with Crippen LogP contribution in [0, 0.1) is 0 Å². The normalized spacial score (nSPS) is 11.4. The van der Waals surface area contributed by atoms with Crippen LogP contribution in [0.25, 0.3) is 0 Å². The molecule has 3 heteroatoms. The van der Waals surface area contributed by atoms with Crippen molar-refractivity contribution in [1.29, 1.82) is 0 Å². The van der Waals surface area contributed by atoms with Crippen LogP contribution in [0.1, 0.15) is 6.42 Å². The van der Waals surface area contributed by atoms with E-state index in [0.717, 1.165) is 11.8 Å². The van der Waals surface area contributed by atoms with Gasteiger partial charge in [0.25, 0.3) is 0 Å². The van der Waals surface area contributed by atoms with Crippen molar-refractivity contribution < 1.29 is 15.5 Å². The van der Waals surface area contributed by atoms with E-state index in [1.165, 1.54) is 21.2 Å². The fraction of sp³-hybridized carbons (Fsp3) is 0.111. The van der Waals surface area contributed by atoms with Crippen LogP contribution in [-0.4, -0.2) is 5.40 Å². The molecule has 0 atom stereocenters. The van der Waals surface area contributed by atoms with Gasteiger partial charge in [0.1, 0.15) is 0 Å². The van der Waals surface area contributed by atoms with Crippen LogP contribution in [0.4, 0.5) is 0 Å². The first-order chi connectivity index (χ1) is 14.9. The molecular weight excluding hydrogens is 445 g/mol. The molecule has 30 heavy (non-hydrogen) atoms. The molecule has 0 N–H and O–H groups in total. The maximum atomic E-state index is 5.26. The number of benzene rings is 4. The molecule has 0 unspecified atom stereocenters. The molecule has 0 aromatic heterocycles. The first-order valence-electron chi connectivity index (χ1n) is 10.2. The molecule has 153 valence electrons. The number of hydrogen-bond acceptors (Lipinski definition) is 0. The Morgan fingerprint density at radius 2 is 0.733 bits per heavy atom. The zero-order valence-electron chi connectivity index (χ0n) is 16.7. The van der Waals surface area contributed by atoms with Gasteiger partial charge >= 0.3 is 191 Å². The number of rotatable bonds is 8. The molecule has 0 saturated carbocycles. The van der Waals surface area contributed by atoms with Crippen LogP contribution in [0.2, 0.25) is 5.39 Å². The van der Waals surface area contributed by atoms with Crippen molar-refractivity contribution >= 4 is 37.1 Å². The Morgan fingerprint density at radius 1 is 0.467 bits per heavy atom. The van der Waals surface area contributed by atoms with Crippen LogP contribution >= 0.6 is 15.8 Å². The van der Waals surface area contributed by atoms with Crippen LogP contribution in [0.3, 0.4) is 0 Å². The molecule has 4 aromatic carbocycles. The minimum atomic E-state index is -0.538. The van der Waals surface area contributed by atoms with Crippen molar-refractivity contribution in [3.63, 3.8) is 0 Å². The molecule has 4 aromatic rings. The van der Waals surface area contributed by atoms with Gasteiger partial charge in [0.05, 0.1) is 0 Å². The topological polar surface area (TPSA) is 0 Å². The summed E-state index contributed by atoms with van der Waals surface area (Å²) in [5, 5.41) is 7.08. The second-order valence-electron chi connectivity index (χ2n) is 7.01. The molecule has 0 fully saturated rings. The third-order valence-corrected chi connectivity index (χ3v) is 11.9. The van der Waals surface area contributed by atoms with Crippen molar-refractivity contribution in [2.45, 2.75) is 17.2 Å². The van der Waals surface area contributed by atoms with Gasteiger partial charge in [-0.25, -0.2) is 0 Å². The van der Waals surface area contributed by atoms with E-state index in [2.05, 4.69) is 121 Å². The van der Waals surface area contributed by atoms with Gasteiger partial charge in [0, 0.05) is 0 Å². The standard InChI is InChI=1S/C27H25P2.Ni/c1-2-27(28(23-15-7-3-8-16-23)24-17-9-4-10-18-24)29(25-19-11-5-12-20-25)26-21-13-6-14-22-26;/h3-22,27H,1-2H2;. The van der Waals surface area contributed by atoms with E-state index in [9.17, 15) is 0 Å². The molecule has 0 radical (unpaired) electrons. The van der Waals surface area contributed by atoms with Gasteiger partial charge in [-0.1, -0.05) is 0 Å². The van der Waals surface area contributed by atoms with E-state index in [-0.39, 0.29) is 0 Å². The maximum absolute atomic E-state index is 5.26. The number of hydrogen-bond donors (Lipinski definition) is 0. The fourth-order valence-corrected chi connectivity index (χ4v) is 11.7. The summed E-state index contributed by atoms with van der Waals surface area (Å²) in [6, 6.07) is 44.3. The van der Waals surface area contributed by atoms with Gasteiger partial charge in [0.2, 0.25) is 0 Å². The first-order valence-corrected chi connectivity index (χ1v) is 13.7. The van der Waals surface area contributed by atoms with Gasteiger partial charge in [-0.3, -0.25) is 0 Å². The Kier molecular flexibility index (Phi) is 7.89. The molecule has 0 bridgehead atoms. The first kappa shape index (κ1) is 21.5. The molecule has 0 aliphatic heterocycles. The van der Waals surface area contributed by atoms with Gasteiger partial charge in [0.15, 0.2) is 0 Å². The molecule has 4 rings (SSSR count). The van der Waals surface area contributed by atoms with Gasteiger partial charge < -0.3 is 0 Å². The summed E-state index contributed by atoms with van der Waals surface area (Å²) < 4.78 is 0. The summed E-state index contributed by atoms with van der Waals surface area (Å²) in [6.45, 7) is 0. The van der Waals surface area contributed by atoms with Crippen molar-refractivity contribution in [3.8, 4) is 0 Å². The fourth-order valence-electron chi connectivity index (χ4n) is 3.80. The molecule has 0 spiro atoms. The van der Waals surface area contributed by atoms with Crippen molar-refractivity contribution in [1.82, 2.24) is 0 Å². The van der Waals surface area contributed by atoms with Gasteiger partial charge in [-0.2, -0.15) is 0 Å². The summed E-state index contributed by atoms with van der Waals surface area (Å²) in [6.07, 6.45) is 1.06. The monoisotopic (exact) mass is 469 g/mol. The van der Waals surface area contributed by atoms with E-state index in [1.54, 1.807) is 0 Å². The Bertz CT molecular complexity index is 846. The minimum absolute atomic E-state index is 0.498. The molecule has 0 nitrogen and oxygen atoms in total. The second-order valence-corrected chi connectivity index (χ2v) is 12.7. The van der Waals surface area contributed by atoms with Crippen molar-refractivity contribution in [2.24, 2.45) is 0 Å². The van der Waals surface area contributed by atoms with Crippen molar-refractivity contribution in [3.05, 3.63) is 121 Å². The average Bonchev–Trinajstić information content (AvgIpc) is 2.82. The molecule has 0 aliphatic rings. The molecule has 0 aliphatic carbocycles. The summed E-state index contributed by atoms with van der Waals surface area (Å²) in [7, 11) is -1.08. The summed E-state index contributed by atoms with van der Waals surface area (Å²) in [5.41, 5.74) is 0. The second kappa shape index (κ2) is 11.0. The Hall–Kier alpha value is -1.77. The van der Waals surface area contributed by atoms with E-state index < -0.39 is 15.8 Å². The molecule has 0 heterocycles.